The Hall–Kier alpha value is -4.73. The number of anilines is 1. The van der Waals surface area contributed by atoms with Gasteiger partial charge in [-0.25, -0.2) is 0 Å². The minimum atomic E-state index is -4.60. The largest absolute Gasteiger partial charge is 0.435 e. The molecule has 0 saturated heterocycles. The molecule has 0 bridgehead atoms. The van der Waals surface area contributed by atoms with E-state index in [9.17, 15) is 22.8 Å². The number of fused-ring (bicyclic) bond motifs is 1. The van der Waals surface area contributed by atoms with Crippen LogP contribution in [0.25, 0.3) is 21.9 Å². The van der Waals surface area contributed by atoms with Crippen LogP contribution in [0.1, 0.15) is 23.4 Å². The molecule has 0 aliphatic heterocycles. The van der Waals surface area contributed by atoms with Crippen molar-refractivity contribution in [2.24, 2.45) is 0 Å². The Balaban J connectivity index is 1.32. The summed E-state index contributed by atoms with van der Waals surface area (Å²) in [5, 5.41) is 9.37. The highest BCUT2D eigenvalue weighted by Gasteiger charge is 2.36. The molecule has 0 aliphatic rings. The first-order valence-electron chi connectivity index (χ1n) is 11.8. The molecule has 192 valence electrons. The Morgan fingerprint density at radius 3 is 2.68 bits per heavy atom. The number of hydrogen-bond donors (Lipinski definition) is 2. The van der Waals surface area contributed by atoms with Gasteiger partial charge in [0.1, 0.15) is 0 Å². The number of carbonyl (C=O) groups is 1. The van der Waals surface area contributed by atoms with E-state index < -0.39 is 11.9 Å². The Bertz CT molecular complexity index is 1660. The lowest BCUT2D eigenvalue weighted by atomic mass is 10.0. The molecule has 0 saturated carbocycles. The molecule has 7 nitrogen and oxygen atoms in total. The second-order valence-electron chi connectivity index (χ2n) is 8.77. The van der Waals surface area contributed by atoms with Crippen molar-refractivity contribution < 1.29 is 18.0 Å². The average molecular weight is 518 g/mol. The van der Waals surface area contributed by atoms with Crippen molar-refractivity contribution in [2.75, 3.05) is 5.32 Å². The van der Waals surface area contributed by atoms with Crippen molar-refractivity contribution in [1.82, 2.24) is 19.7 Å². The lowest BCUT2D eigenvalue weighted by Crippen LogP contribution is -2.20. The third-order valence-electron chi connectivity index (χ3n) is 6.09. The third-order valence-corrected chi connectivity index (χ3v) is 6.09. The van der Waals surface area contributed by atoms with Crippen molar-refractivity contribution in [3.63, 3.8) is 0 Å². The number of aromatic nitrogens is 4. The van der Waals surface area contributed by atoms with Gasteiger partial charge < -0.3 is 9.88 Å². The van der Waals surface area contributed by atoms with E-state index in [1.54, 1.807) is 42.7 Å². The zero-order valence-electron chi connectivity index (χ0n) is 20.0. The van der Waals surface area contributed by atoms with Gasteiger partial charge in [-0.2, -0.15) is 18.3 Å². The van der Waals surface area contributed by atoms with Gasteiger partial charge >= 0.3 is 6.18 Å². The van der Waals surface area contributed by atoms with E-state index in [0.717, 1.165) is 11.3 Å². The number of rotatable bonds is 7. The Morgan fingerprint density at radius 1 is 1.03 bits per heavy atom. The summed E-state index contributed by atoms with van der Waals surface area (Å²) in [6.07, 6.45) is 0.700. The number of H-pyrrole nitrogens is 1. The number of alkyl halides is 3. The molecule has 5 aromatic rings. The molecule has 1 amide bonds. The first-order valence-corrected chi connectivity index (χ1v) is 11.8. The van der Waals surface area contributed by atoms with E-state index in [0.29, 0.717) is 28.4 Å². The van der Waals surface area contributed by atoms with Crippen LogP contribution >= 0.6 is 0 Å². The lowest BCUT2D eigenvalue weighted by molar-refractivity contribution is -0.140. The van der Waals surface area contributed by atoms with E-state index >= 15 is 0 Å². The number of hydrogen-bond acceptors (Lipinski definition) is 4. The summed E-state index contributed by atoms with van der Waals surface area (Å²) >= 11 is 0. The van der Waals surface area contributed by atoms with Crippen LogP contribution in [-0.2, 0) is 23.9 Å². The molecule has 2 aromatic carbocycles. The quantitative estimate of drug-likeness (QED) is 0.301. The van der Waals surface area contributed by atoms with Gasteiger partial charge in [0.2, 0.25) is 5.91 Å². The van der Waals surface area contributed by atoms with Gasteiger partial charge in [0.05, 0.1) is 6.54 Å². The second kappa shape index (κ2) is 10.3. The Morgan fingerprint density at radius 2 is 1.89 bits per heavy atom. The van der Waals surface area contributed by atoms with Gasteiger partial charge in [-0.3, -0.25) is 19.7 Å². The van der Waals surface area contributed by atoms with Crippen LogP contribution in [0.5, 0.6) is 0 Å². The number of carbonyl (C=O) groups excluding carboxylic acids is 1. The van der Waals surface area contributed by atoms with Crippen molar-refractivity contribution in [3.8, 4) is 11.1 Å². The van der Waals surface area contributed by atoms with Crippen molar-refractivity contribution in [3.05, 3.63) is 113 Å². The fourth-order valence-electron chi connectivity index (χ4n) is 4.26. The highest BCUT2D eigenvalue weighted by atomic mass is 19.4. The molecule has 0 fully saturated rings. The summed E-state index contributed by atoms with van der Waals surface area (Å²) in [5.74, 6) is -0.141. The van der Waals surface area contributed by atoms with Crippen LogP contribution in [0.2, 0.25) is 0 Å². The highest BCUT2D eigenvalue weighted by Crippen LogP contribution is 2.36. The van der Waals surface area contributed by atoms with Gasteiger partial charge in [0.15, 0.2) is 5.69 Å². The fraction of sp³-hybridized carbons (Fsp3) is 0.143. The molecular weight excluding hydrogens is 495 g/mol. The van der Waals surface area contributed by atoms with Crippen LogP contribution in [0.4, 0.5) is 18.9 Å². The van der Waals surface area contributed by atoms with Crippen LogP contribution in [0.3, 0.4) is 0 Å². The van der Waals surface area contributed by atoms with E-state index in [1.807, 2.05) is 24.3 Å². The first-order chi connectivity index (χ1) is 18.3. The van der Waals surface area contributed by atoms with Crippen LogP contribution in [-0.4, -0.2) is 25.7 Å². The minimum Gasteiger partial charge on any atom is -0.326 e. The van der Waals surface area contributed by atoms with Gasteiger partial charge in [0, 0.05) is 47.3 Å². The molecular formula is C28H22F3N5O2. The summed E-state index contributed by atoms with van der Waals surface area (Å²) in [7, 11) is 0. The van der Waals surface area contributed by atoms with Gasteiger partial charge in [-0.05, 0) is 65.4 Å². The Labute approximate surface area is 215 Å². The molecule has 0 unspecified atom stereocenters. The van der Waals surface area contributed by atoms with Gasteiger partial charge in [0.25, 0.3) is 5.56 Å². The SMILES string of the molecule is O=C(CCc1ccccn1)Nc1cccc(Cn2ccc3cc(-c4c[nH]nc4C(F)(F)F)ccc3c2=O)c1. The third kappa shape index (κ3) is 5.49. The standard InChI is InChI=1S/C28H22F3N5O2/c29-28(30,31)26-24(16-33-35-26)19-7-9-23-20(15-19)11-13-36(27(23)38)17-18-4-3-6-22(14-18)34-25(37)10-8-21-5-1-2-12-32-21/h1-7,9,11-16H,8,10,17H2,(H,33,35)(H,34,37). The first kappa shape index (κ1) is 24.9. The minimum absolute atomic E-state index is 0.0810. The summed E-state index contributed by atoms with van der Waals surface area (Å²) in [6.45, 7) is 0.258. The fourth-order valence-corrected chi connectivity index (χ4v) is 4.26. The molecule has 0 radical (unpaired) electrons. The van der Waals surface area contributed by atoms with E-state index in [-0.39, 0.29) is 30.0 Å². The predicted octanol–water partition coefficient (Wildman–Crippen LogP) is 5.43. The van der Waals surface area contributed by atoms with E-state index in [4.69, 9.17) is 0 Å². The maximum atomic E-state index is 13.3. The maximum absolute atomic E-state index is 13.3. The van der Waals surface area contributed by atoms with Crippen LogP contribution in [0, 0.1) is 0 Å². The predicted molar refractivity (Wildman–Crippen MR) is 138 cm³/mol. The van der Waals surface area contributed by atoms with Crippen molar-refractivity contribution >= 4 is 22.4 Å². The molecule has 0 atom stereocenters. The summed E-state index contributed by atoms with van der Waals surface area (Å²) in [4.78, 5) is 29.7. The van der Waals surface area contributed by atoms with E-state index in [2.05, 4.69) is 20.5 Å². The second-order valence-corrected chi connectivity index (χ2v) is 8.77. The number of nitrogens with zero attached hydrogens (tertiary/aromatic N) is 3. The van der Waals surface area contributed by atoms with Gasteiger partial charge in [-0.15, -0.1) is 0 Å². The average Bonchev–Trinajstić information content (AvgIpc) is 3.41. The number of aromatic amines is 1. The molecule has 3 aromatic heterocycles. The maximum Gasteiger partial charge on any atom is 0.435 e. The molecule has 0 aliphatic carbocycles. The lowest BCUT2D eigenvalue weighted by Gasteiger charge is -2.11. The number of amides is 1. The zero-order chi connectivity index (χ0) is 26.7. The topological polar surface area (TPSA) is 92.7 Å². The monoisotopic (exact) mass is 517 g/mol. The number of halogens is 3. The molecule has 0 spiro atoms. The number of aryl methyl sites for hydroxylation is 1. The number of pyridine rings is 2. The number of benzene rings is 2. The van der Waals surface area contributed by atoms with Crippen LogP contribution in [0.15, 0.2) is 90.1 Å². The molecule has 2 N–H and O–H groups in total. The van der Waals surface area contributed by atoms with Crippen LogP contribution < -0.4 is 10.9 Å². The normalized spacial score (nSPS) is 11.6. The van der Waals surface area contributed by atoms with E-state index in [1.165, 1.54) is 22.9 Å². The summed E-state index contributed by atoms with van der Waals surface area (Å²) in [6, 6.07) is 19.0. The summed E-state index contributed by atoms with van der Waals surface area (Å²) < 4.78 is 41.3. The zero-order valence-corrected chi connectivity index (χ0v) is 20.0. The summed E-state index contributed by atoms with van der Waals surface area (Å²) in [5.41, 5.74) is 1.21. The molecule has 3 heterocycles. The van der Waals surface area contributed by atoms with Crippen molar-refractivity contribution in [2.45, 2.75) is 25.6 Å². The smallest absolute Gasteiger partial charge is 0.326 e. The molecule has 38 heavy (non-hydrogen) atoms. The molecule has 5 rings (SSSR count). The van der Waals surface area contributed by atoms with Crippen molar-refractivity contribution in [1.29, 1.82) is 0 Å². The highest BCUT2D eigenvalue weighted by molar-refractivity contribution is 5.91. The van der Waals surface area contributed by atoms with Gasteiger partial charge in [-0.1, -0.05) is 24.3 Å². The number of nitrogens with one attached hydrogen (secondary N) is 2. The molecule has 10 heteroatoms. The Kier molecular flexibility index (Phi) is 6.78.